The fraction of sp³-hybridized carbons (Fsp3) is 0.273. The van der Waals surface area contributed by atoms with Crippen LogP contribution in [0.15, 0.2) is 48.5 Å². The van der Waals surface area contributed by atoms with E-state index in [2.05, 4.69) is 10.3 Å². The Bertz CT molecular complexity index is 938. The number of aryl methyl sites for hydroxylation is 1. The zero-order chi connectivity index (χ0) is 19.9. The minimum absolute atomic E-state index is 0.155. The van der Waals surface area contributed by atoms with E-state index >= 15 is 0 Å². The second kappa shape index (κ2) is 9.37. The van der Waals surface area contributed by atoms with Crippen LogP contribution >= 0.6 is 11.3 Å². The molecular weight excluding hydrogens is 372 g/mol. The van der Waals surface area contributed by atoms with E-state index in [1.54, 1.807) is 29.5 Å². The number of nitrogens with one attached hydrogen (secondary N) is 1. The lowest BCUT2D eigenvalue weighted by atomic mass is 10.2. The number of benzene rings is 2. The van der Waals surface area contributed by atoms with Crippen LogP contribution in [-0.4, -0.2) is 24.1 Å². The first-order valence-electron chi connectivity index (χ1n) is 9.32. The Kier molecular flexibility index (Phi) is 6.66. The van der Waals surface area contributed by atoms with E-state index in [4.69, 9.17) is 9.47 Å². The van der Waals surface area contributed by atoms with Crippen LogP contribution in [-0.2, 0) is 6.54 Å². The van der Waals surface area contributed by atoms with Gasteiger partial charge >= 0.3 is 0 Å². The molecule has 0 saturated carbocycles. The first kappa shape index (κ1) is 19.9. The Balaban J connectivity index is 1.70. The van der Waals surface area contributed by atoms with Gasteiger partial charge in [-0.1, -0.05) is 30.3 Å². The number of hydrogen-bond donors (Lipinski definition) is 1. The standard InChI is InChI=1S/C22H24N2O3S/c1-4-26-18-12-11-17(13-19(18)27-5-2)21(25)23-14-20-15(3)24-22(28-20)16-9-7-6-8-10-16/h6-13H,4-5,14H2,1-3H3,(H,23,25). The highest BCUT2D eigenvalue weighted by Crippen LogP contribution is 2.29. The third-order valence-corrected chi connectivity index (χ3v) is 5.33. The number of carbonyl (C=O) groups is 1. The van der Waals surface area contributed by atoms with E-state index in [1.165, 1.54) is 0 Å². The highest BCUT2D eigenvalue weighted by molar-refractivity contribution is 7.15. The molecule has 3 aromatic rings. The molecule has 0 fully saturated rings. The summed E-state index contributed by atoms with van der Waals surface area (Å²) in [7, 11) is 0. The number of aromatic nitrogens is 1. The van der Waals surface area contributed by atoms with Crippen LogP contribution in [0.3, 0.4) is 0 Å². The number of nitrogens with zero attached hydrogens (tertiary/aromatic N) is 1. The lowest BCUT2D eigenvalue weighted by Gasteiger charge is -2.12. The quantitative estimate of drug-likeness (QED) is 0.591. The lowest BCUT2D eigenvalue weighted by Crippen LogP contribution is -2.22. The van der Waals surface area contributed by atoms with Crippen molar-refractivity contribution in [2.75, 3.05) is 13.2 Å². The topological polar surface area (TPSA) is 60.5 Å². The predicted molar refractivity (Wildman–Crippen MR) is 112 cm³/mol. The highest BCUT2D eigenvalue weighted by atomic mass is 32.1. The summed E-state index contributed by atoms with van der Waals surface area (Å²) in [5.41, 5.74) is 2.56. The average molecular weight is 397 g/mol. The molecular formula is C22H24N2O3S. The molecule has 0 spiro atoms. The van der Waals surface area contributed by atoms with Crippen molar-refractivity contribution in [2.45, 2.75) is 27.3 Å². The average Bonchev–Trinajstić information content (AvgIpc) is 3.09. The minimum atomic E-state index is -0.155. The number of amides is 1. The molecule has 0 aliphatic rings. The summed E-state index contributed by atoms with van der Waals surface area (Å²) in [5, 5.41) is 3.94. The van der Waals surface area contributed by atoms with Crippen molar-refractivity contribution in [3.8, 4) is 22.1 Å². The molecule has 6 heteroatoms. The number of carbonyl (C=O) groups excluding carboxylic acids is 1. The zero-order valence-corrected chi connectivity index (χ0v) is 17.1. The highest BCUT2D eigenvalue weighted by Gasteiger charge is 2.14. The van der Waals surface area contributed by atoms with Gasteiger partial charge in [0.05, 0.1) is 25.5 Å². The lowest BCUT2D eigenvalue weighted by molar-refractivity contribution is 0.0950. The van der Waals surface area contributed by atoms with Crippen molar-refractivity contribution < 1.29 is 14.3 Å². The molecule has 0 unspecified atom stereocenters. The first-order valence-corrected chi connectivity index (χ1v) is 10.1. The monoisotopic (exact) mass is 396 g/mol. The summed E-state index contributed by atoms with van der Waals surface area (Å²) >= 11 is 1.60. The number of rotatable bonds is 8. The summed E-state index contributed by atoms with van der Waals surface area (Å²) < 4.78 is 11.2. The molecule has 0 saturated heterocycles. The normalized spacial score (nSPS) is 10.5. The molecule has 0 aliphatic carbocycles. The summed E-state index contributed by atoms with van der Waals surface area (Å²) in [6.07, 6.45) is 0. The summed E-state index contributed by atoms with van der Waals surface area (Å²) in [4.78, 5) is 18.3. The van der Waals surface area contributed by atoms with E-state index in [9.17, 15) is 4.79 Å². The molecule has 1 N–H and O–H groups in total. The van der Waals surface area contributed by atoms with Gasteiger partial charge in [0.1, 0.15) is 5.01 Å². The Morgan fingerprint density at radius 1 is 1.04 bits per heavy atom. The van der Waals surface area contributed by atoms with Crippen molar-refractivity contribution in [1.29, 1.82) is 0 Å². The maximum atomic E-state index is 12.6. The van der Waals surface area contributed by atoms with Crippen molar-refractivity contribution >= 4 is 17.2 Å². The van der Waals surface area contributed by atoms with Crippen molar-refractivity contribution in [1.82, 2.24) is 10.3 Å². The molecule has 1 aromatic heterocycles. The fourth-order valence-electron chi connectivity index (χ4n) is 2.75. The molecule has 1 heterocycles. The van der Waals surface area contributed by atoms with Gasteiger partial charge in [-0.3, -0.25) is 4.79 Å². The molecule has 28 heavy (non-hydrogen) atoms. The Labute approximate surface area is 169 Å². The molecule has 2 aromatic carbocycles. The van der Waals surface area contributed by atoms with Crippen LogP contribution < -0.4 is 14.8 Å². The predicted octanol–water partition coefficient (Wildman–Crippen LogP) is 4.85. The van der Waals surface area contributed by atoms with E-state index in [-0.39, 0.29) is 5.91 Å². The fourth-order valence-corrected chi connectivity index (χ4v) is 3.76. The van der Waals surface area contributed by atoms with E-state index in [0.29, 0.717) is 36.8 Å². The van der Waals surface area contributed by atoms with Gasteiger partial charge in [-0.2, -0.15) is 0 Å². The van der Waals surface area contributed by atoms with Crippen molar-refractivity contribution in [3.63, 3.8) is 0 Å². The van der Waals surface area contributed by atoms with Gasteiger partial charge in [-0.25, -0.2) is 4.98 Å². The third kappa shape index (κ3) is 4.70. The van der Waals surface area contributed by atoms with Crippen LogP contribution in [0.2, 0.25) is 0 Å². The Hall–Kier alpha value is -2.86. The van der Waals surface area contributed by atoms with Gasteiger partial charge < -0.3 is 14.8 Å². The van der Waals surface area contributed by atoms with Crippen LogP contribution in [0.1, 0.15) is 34.8 Å². The third-order valence-electron chi connectivity index (χ3n) is 4.13. The maximum absolute atomic E-state index is 12.6. The SMILES string of the molecule is CCOc1ccc(C(=O)NCc2sc(-c3ccccc3)nc2C)cc1OCC. The summed E-state index contributed by atoms with van der Waals surface area (Å²) in [6, 6.07) is 15.3. The van der Waals surface area contributed by atoms with E-state index < -0.39 is 0 Å². The largest absolute Gasteiger partial charge is 0.490 e. The van der Waals surface area contributed by atoms with E-state index in [1.807, 2.05) is 51.1 Å². The van der Waals surface area contributed by atoms with Crippen LogP contribution in [0.5, 0.6) is 11.5 Å². The van der Waals surface area contributed by atoms with Gasteiger partial charge in [-0.05, 0) is 39.0 Å². The molecule has 0 aliphatic heterocycles. The smallest absolute Gasteiger partial charge is 0.251 e. The number of thiazole rings is 1. The van der Waals surface area contributed by atoms with Crippen molar-refractivity contribution in [2.24, 2.45) is 0 Å². The van der Waals surface area contributed by atoms with E-state index in [0.717, 1.165) is 21.1 Å². The maximum Gasteiger partial charge on any atom is 0.251 e. The number of ether oxygens (including phenoxy) is 2. The molecule has 0 bridgehead atoms. The minimum Gasteiger partial charge on any atom is -0.490 e. The molecule has 5 nitrogen and oxygen atoms in total. The van der Waals surface area contributed by atoms with Gasteiger partial charge in [0, 0.05) is 16.0 Å². The van der Waals surface area contributed by atoms with Crippen LogP contribution in [0.25, 0.3) is 10.6 Å². The molecule has 0 atom stereocenters. The van der Waals surface area contributed by atoms with Gasteiger partial charge in [0.15, 0.2) is 11.5 Å². The van der Waals surface area contributed by atoms with Crippen LogP contribution in [0, 0.1) is 6.92 Å². The van der Waals surface area contributed by atoms with Gasteiger partial charge in [-0.15, -0.1) is 11.3 Å². The molecule has 3 rings (SSSR count). The second-order valence-electron chi connectivity index (χ2n) is 6.10. The molecule has 1 amide bonds. The Morgan fingerprint density at radius 3 is 2.46 bits per heavy atom. The molecule has 0 radical (unpaired) electrons. The zero-order valence-electron chi connectivity index (χ0n) is 16.3. The Morgan fingerprint density at radius 2 is 1.75 bits per heavy atom. The van der Waals surface area contributed by atoms with Crippen molar-refractivity contribution in [3.05, 3.63) is 64.7 Å². The van der Waals surface area contributed by atoms with Gasteiger partial charge in [0.25, 0.3) is 5.91 Å². The second-order valence-corrected chi connectivity index (χ2v) is 7.19. The van der Waals surface area contributed by atoms with Gasteiger partial charge in [0.2, 0.25) is 0 Å². The summed E-state index contributed by atoms with van der Waals surface area (Å²) in [5.74, 6) is 1.07. The molecule has 146 valence electrons. The summed E-state index contributed by atoms with van der Waals surface area (Å²) in [6.45, 7) is 7.27. The number of hydrogen-bond acceptors (Lipinski definition) is 5. The first-order chi connectivity index (χ1) is 13.6. The van der Waals surface area contributed by atoms with Crippen LogP contribution in [0.4, 0.5) is 0 Å².